The van der Waals surface area contributed by atoms with Gasteiger partial charge < -0.3 is 19.6 Å². The number of benzene rings is 12. The second-order valence-corrected chi connectivity index (χ2v) is 22.9. The van der Waals surface area contributed by atoms with Gasteiger partial charge in [-0.2, -0.15) is 0 Å². The first-order valence-corrected chi connectivity index (χ1v) is 31.7. The first kappa shape index (κ1) is 58.2. The lowest BCUT2D eigenvalue weighted by Crippen LogP contribution is -2.14. The van der Waals surface area contributed by atoms with Gasteiger partial charge in [0.2, 0.25) is 0 Å². The zero-order valence-electron chi connectivity index (χ0n) is 51.1. The third-order valence-electron chi connectivity index (χ3n) is 16.8. The van der Waals surface area contributed by atoms with E-state index in [1.165, 1.54) is 88.6 Å². The summed E-state index contributed by atoms with van der Waals surface area (Å²) in [5, 5.41) is 0. The highest BCUT2D eigenvalue weighted by Gasteiger charge is 2.21. The van der Waals surface area contributed by atoms with Gasteiger partial charge in [-0.25, -0.2) is 0 Å². The molecule has 0 fully saturated rings. The van der Waals surface area contributed by atoms with Gasteiger partial charge in [0.05, 0.1) is 0 Å². The van der Waals surface area contributed by atoms with E-state index in [4.69, 9.17) is 0 Å². The molecule has 0 aliphatic carbocycles. The van der Waals surface area contributed by atoms with Crippen molar-refractivity contribution in [2.24, 2.45) is 0 Å². The second-order valence-electron chi connectivity index (χ2n) is 22.9. The maximum atomic E-state index is 2.39. The van der Waals surface area contributed by atoms with Gasteiger partial charge in [0.25, 0.3) is 0 Å². The van der Waals surface area contributed by atoms with Crippen LogP contribution in [0.15, 0.2) is 309 Å². The Bertz CT molecular complexity index is 3620. The predicted molar refractivity (Wildman–Crippen MR) is 377 cm³/mol. The molecule has 4 heteroatoms. The van der Waals surface area contributed by atoms with Crippen LogP contribution in [0.4, 0.5) is 68.2 Å². The highest BCUT2D eigenvalue weighted by molar-refractivity contribution is 5.86. The van der Waals surface area contributed by atoms with Crippen LogP contribution in [0.2, 0.25) is 0 Å². The fourth-order valence-corrected chi connectivity index (χ4v) is 11.9. The number of aryl methyl sites for hydroxylation is 3. The van der Waals surface area contributed by atoms with Gasteiger partial charge >= 0.3 is 0 Å². The molecule has 0 atom stereocenters. The molecule has 0 spiro atoms. The Labute approximate surface area is 522 Å². The van der Waals surface area contributed by atoms with Crippen molar-refractivity contribution in [3.63, 3.8) is 0 Å². The zero-order valence-corrected chi connectivity index (χ0v) is 51.1. The molecule has 0 aromatic heterocycles. The van der Waals surface area contributed by atoms with Crippen LogP contribution < -0.4 is 19.6 Å². The molecule has 88 heavy (non-hydrogen) atoms. The van der Waals surface area contributed by atoms with Crippen molar-refractivity contribution >= 4 is 68.2 Å². The lowest BCUT2D eigenvalue weighted by Gasteiger charge is -2.30. The molecule has 12 aromatic rings. The van der Waals surface area contributed by atoms with E-state index in [9.17, 15) is 0 Å². The zero-order chi connectivity index (χ0) is 59.9. The van der Waals surface area contributed by atoms with E-state index in [2.05, 4.69) is 350 Å². The quantitative estimate of drug-likeness (QED) is 0.0598. The van der Waals surface area contributed by atoms with Gasteiger partial charge in [0.15, 0.2) is 0 Å². The summed E-state index contributed by atoms with van der Waals surface area (Å²) in [6, 6.07) is 114. The molecule has 0 aliphatic rings. The summed E-state index contributed by atoms with van der Waals surface area (Å²) in [4.78, 5) is 9.53. The maximum absolute atomic E-state index is 2.39. The van der Waals surface area contributed by atoms with Gasteiger partial charge in [0, 0.05) is 68.2 Å². The predicted octanol–water partition coefficient (Wildman–Crippen LogP) is 24.6. The van der Waals surface area contributed by atoms with E-state index in [1.54, 1.807) is 0 Å². The molecule has 0 saturated carbocycles. The monoisotopic (exact) mass is 1140 g/mol. The Morgan fingerprint density at radius 1 is 0.170 bits per heavy atom. The smallest absolute Gasteiger partial charge is 0.0463 e. The highest BCUT2D eigenvalue weighted by atomic mass is 15.2. The van der Waals surface area contributed by atoms with Gasteiger partial charge in [0.1, 0.15) is 0 Å². The number of hydrogen-bond acceptors (Lipinski definition) is 4. The Morgan fingerprint density at radius 3 is 0.489 bits per heavy atom. The highest BCUT2D eigenvalue weighted by Crippen LogP contribution is 2.44. The summed E-state index contributed by atoms with van der Waals surface area (Å²) in [5.74, 6) is 0. The molecule has 434 valence electrons. The van der Waals surface area contributed by atoms with Crippen molar-refractivity contribution in [2.75, 3.05) is 19.6 Å². The molecule has 4 nitrogen and oxygen atoms in total. The number of anilines is 12. The molecular weight excluding hydrogens is 1060 g/mol. The van der Waals surface area contributed by atoms with E-state index < -0.39 is 0 Å². The lowest BCUT2D eigenvalue weighted by molar-refractivity contribution is 0.795. The number of rotatable bonds is 24. The molecule has 0 amide bonds. The minimum Gasteiger partial charge on any atom is -0.311 e. The summed E-state index contributed by atoms with van der Waals surface area (Å²) in [5.41, 5.74) is 24.3. The van der Waals surface area contributed by atoms with Crippen LogP contribution >= 0.6 is 0 Å². The molecular formula is C84H78N4. The molecule has 12 aromatic carbocycles. The fourth-order valence-electron chi connectivity index (χ4n) is 11.9. The third-order valence-corrected chi connectivity index (χ3v) is 16.8. The van der Waals surface area contributed by atoms with Gasteiger partial charge in [-0.05, 0) is 234 Å². The lowest BCUT2D eigenvalue weighted by atomic mass is 10.0. The first-order chi connectivity index (χ1) is 43.5. The van der Waals surface area contributed by atoms with Gasteiger partial charge in [-0.3, -0.25) is 0 Å². The average molecular weight is 1140 g/mol. The number of unbranched alkanes of at least 4 members (excludes halogenated alkanes) is 3. The molecule has 12 rings (SSSR count). The van der Waals surface area contributed by atoms with Crippen LogP contribution in [0.1, 0.15) is 76.0 Å². The van der Waals surface area contributed by atoms with Gasteiger partial charge in [-0.1, -0.05) is 204 Å². The SMILES string of the molecule is CCCCc1ccc(N(c2ccc(-c3ccccc3)cc2)c2ccc(N(c3ccc(N(c4ccc(CCCC)cc4)c4ccc(-c5ccccc5)cc4)cc3)c3ccc(N(c4ccc(CCCC)cc4)c4ccc(-c5ccccc5)cc4)cc3)cc2)cc1. The number of nitrogens with zero attached hydrogens (tertiary/aromatic N) is 4. The minimum absolute atomic E-state index is 1.05. The molecule has 0 aliphatic heterocycles. The maximum Gasteiger partial charge on any atom is 0.0463 e. The van der Waals surface area contributed by atoms with Crippen molar-refractivity contribution in [3.05, 3.63) is 326 Å². The van der Waals surface area contributed by atoms with Crippen molar-refractivity contribution in [3.8, 4) is 33.4 Å². The Hall–Kier alpha value is -10.2. The molecule has 0 heterocycles. The van der Waals surface area contributed by atoms with Crippen LogP contribution in [0.3, 0.4) is 0 Å². The van der Waals surface area contributed by atoms with Crippen LogP contribution in [0, 0.1) is 0 Å². The standard InChI is InChI=1S/C84H78N4/c1-4-7-19-64-28-40-73(41-29-64)85(76-46-34-70(35-47-76)67-22-13-10-14-23-67)79-52-58-82(59-53-79)88(83-60-54-80(55-61-83)86(74-42-30-65(31-43-74)20-8-5-2)77-48-36-71(37-49-77)68-24-15-11-16-25-68)84-62-56-81(57-63-84)87(75-44-32-66(33-45-75)21-9-6-3)78-50-38-72(39-51-78)69-26-17-12-18-27-69/h10-18,22-63H,4-9,19-21H2,1-3H3. The van der Waals surface area contributed by atoms with E-state index in [-0.39, 0.29) is 0 Å². The minimum atomic E-state index is 1.05. The van der Waals surface area contributed by atoms with Crippen LogP contribution in [-0.4, -0.2) is 0 Å². The Morgan fingerprint density at radius 2 is 0.318 bits per heavy atom. The summed E-state index contributed by atoms with van der Waals surface area (Å²) < 4.78 is 0. The van der Waals surface area contributed by atoms with Crippen LogP contribution in [0.5, 0.6) is 0 Å². The number of hydrogen-bond donors (Lipinski definition) is 0. The van der Waals surface area contributed by atoms with Crippen molar-refractivity contribution < 1.29 is 0 Å². The van der Waals surface area contributed by atoms with Crippen molar-refractivity contribution in [1.82, 2.24) is 0 Å². The Balaban J connectivity index is 0.943. The van der Waals surface area contributed by atoms with Crippen molar-refractivity contribution in [1.29, 1.82) is 0 Å². The van der Waals surface area contributed by atoms with Crippen LogP contribution in [0.25, 0.3) is 33.4 Å². The average Bonchev–Trinajstić information content (AvgIpc) is 2.14. The third kappa shape index (κ3) is 13.7. The molecule has 0 unspecified atom stereocenters. The van der Waals surface area contributed by atoms with Crippen LogP contribution in [-0.2, 0) is 19.3 Å². The first-order valence-electron chi connectivity index (χ1n) is 31.7. The Kier molecular flexibility index (Phi) is 18.8. The van der Waals surface area contributed by atoms with E-state index >= 15 is 0 Å². The summed E-state index contributed by atoms with van der Waals surface area (Å²) in [6.45, 7) is 6.78. The largest absolute Gasteiger partial charge is 0.311 e. The van der Waals surface area contributed by atoms with Gasteiger partial charge in [-0.15, -0.1) is 0 Å². The molecule has 0 saturated heterocycles. The van der Waals surface area contributed by atoms with E-state index in [0.29, 0.717) is 0 Å². The summed E-state index contributed by atoms with van der Waals surface area (Å²) in [6.07, 6.45) is 10.3. The second kappa shape index (κ2) is 28.4. The molecule has 0 bridgehead atoms. The summed E-state index contributed by atoms with van der Waals surface area (Å²) >= 11 is 0. The molecule has 0 radical (unpaired) electrons. The normalized spacial score (nSPS) is 11.1. The summed E-state index contributed by atoms with van der Waals surface area (Å²) in [7, 11) is 0. The fraction of sp³-hybridized carbons (Fsp3) is 0.143. The topological polar surface area (TPSA) is 13.0 Å². The van der Waals surface area contributed by atoms with E-state index in [1.807, 2.05) is 0 Å². The van der Waals surface area contributed by atoms with E-state index in [0.717, 1.165) is 87.5 Å². The van der Waals surface area contributed by atoms with Crippen molar-refractivity contribution in [2.45, 2.75) is 78.6 Å². The molecule has 0 N–H and O–H groups in total.